The van der Waals surface area contributed by atoms with Crippen LogP contribution in [0.3, 0.4) is 0 Å². The Morgan fingerprint density at radius 1 is 0.824 bits per heavy atom. The van der Waals surface area contributed by atoms with E-state index in [4.69, 9.17) is 9.78 Å². The van der Waals surface area contributed by atoms with Gasteiger partial charge in [0.1, 0.15) is 11.2 Å². The van der Waals surface area contributed by atoms with E-state index in [2.05, 4.69) is 39.8 Å². The van der Waals surface area contributed by atoms with Gasteiger partial charge in [0.25, 0.3) is 0 Å². The summed E-state index contributed by atoms with van der Waals surface area (Å²) in [6.07, 6.45) is 10.5. The van der Waals surface area contributed by atoms with Crippen molar-refractivity contribution in [1.29, 1.82) is 0 Å². The number of rotatable bonds is 1. The van der Waals surface area contributed by atoms with E-state index in [0.29, 0.717) is 5.41 Å². The summed E-state index contributed by atoms with van der Waals surface area (Å²) in [5.74, 6) is 0. The van der Waals surface area contributed by atoms with E-state index in [1.807, 2.05) is 0 Å². The zero-order valence-electron chi connectivity index (χ0n) is 11.5. The molecule has 2 heteroatoms. The van der Waals surface area contributed by atoms with Gasteiger partial charge in [-0.3, -0.25) is 0 Å². The van der Waals surface area contributed by atoms with Crippen molar-refractivity contribution in [3.63, 3.8) is 0 Å². The molecule has 3 atom stereocenters. The summed E-state index contributed by atoms with van der Waals surface area (Å²) < 4.78 is 0. The van der Waals surface area contributed by atoms with E-state index >= 15 is 0 Å². The third-order valence-electron chi connectivity index (χ3n) is 5.98. The maximum absolute atomic E-state index is 5.90. The number of hydrogen-bond donors (Lipinski definition) is 0. The molecule has 2 aliphatic carbocycles. The number of fused-ring (bicyclic) bond motifs is 2. The largest absolute Gasteiger partial charge is 0.225 e. The minimum absolute atomic E-state index is 0.180. The van der Waals surface area contributed by atoms with Crippen LogP contribution in [0.4, 0.5) is 0 Å². The van der Waals surface area contributed by atoms with E-state index in [1.54, 1.807) is 0 Å². The number of hydrogen-bond acceptors (Lipinski definition) is 2. The first-order valence-corrected chi connectivity index (χ1v) is 6.90. The predicted octanol–water partition coefficient (Wildman–Crippen LogP) is 4.01. The summed E-state index contributed by atoms with van der Waals surface area (Å²) in [6, 6.07) is 0. The van der Waals surface area contributed by atoms with Crippen LogP contribution >= 0.6 is 0 Å². The Bertz CT molecular complexity index is 361. The van der Waals surface area contributed by atoms with Gasteiger partial charge in [-0.15, -0.1) is 0 Å². The maximum Gasteiger partial charge on any atom is 0.128 e. The minimum atomic E-state index is -0.190. The fraction of sp³-hybridized carbons (Fsp3) is 0.867. The fourth-order valence-electron chi connectivity index (χ4n) is 4.05. The van der Waals surface area contributed by atoms with Crippen molar-refractivity contribution in [3.05, 3.63) is 12.2 Å². The van der Waals surface area contributed by atoms with E-state index in [-0.39, 0.29) is 16.6 Å². The molecule has 0 spiro atoms. The molecule has 17 heavy (non-hydrogen) atoms. The molecule has 2 fully saturated rings. The lowest BCUT2D eigenvalue weighted by Gasteiger charge is -2.57. The van der Waals surface area contributed by atoms with E-state index in [1.165, 1.54) is 19.3 Å². The van der Waals surface area contributed by atoms with Gasteiger partial charge in [0.2, 0.25) is 0 Å². The van der Waals surface area contributed by atoms with Crippen molar-refractivity contribution >= 4 is 0 Å². The van der Waals surface area contributed by atoms with Crippen LogP contribution in [0, 0.1) is 10.8 Å². The Morgan fingerprint density at radius 2 is 1.59 bits per heavy atom. The lowest BCUT2D eigenvalue weighted by molar-refractivity contribution is -0.447. The van der Waals surface area contributed by atoms with Crippen molar-refractivity contribution in [1.82, 2.24) is 0 Å². The zero-order chi connectivity index (χ0) is 12.4. The van der Waals surface area contributed by atoms with Crippen LogP contribution in [0.2, 0.25) is 0 Å². The van der Waals surface area contributed by atoms with Gasteiger partial charge in [-0.05, 0) is 38.0 Å². The van der Waals surface area contributed by atoms with Crippen LogP contribution in [0.5, 0.6) is 0 Å². The monoisotopic (exact) mass is 236 g/mol. The van der Waals surface area contributed by atoms with E-state index in [9.17, 15) is 0 Å². The van der Waals surface area contributed by atoms with Crippen LogP contribution in [0.15, 0.2) is 12.2 Å². The molecule has 1 saturated carbocycles. The molecule has 0 aromatic heterocycles. The highest BCUT2D eigenvalue weighted by Gasteiger charge is 2.62. The lowest BCUT2D eigenvalue weighted by Crippen LogP contribution is -2.59. The van der Waals surface area contributed by atoms with E-state index in [0.717, 1.165) is 12.8 Å². The van der Waals surface area contributed by atoms with Crippen molar-refractivity contribution in [2.75, 3.05) is 0 Å². The van der Waals surface area contributed by atoms with Gasteiger partial charge in [0.05, 0.1) is 0 Å². The van der Waals surface area contributed by atoms with Crippen LogP contribution in [-0.4, -0.2) is 11.2 Å². The van der Waals surface area contributed by atoms with Gasteiger partial charge in [-0.2, -0.15) is 0 Å². The van der Waals surface area contributed by atoms with Crippen molar-refractivity contribution in [3.8, 4) is 0 Å². The van der Waals surface area contributed by atoms with Crippen LogP contribution in [0.25, 0.3) is 0 Å². The van der Waals surface area contributed by atoms with Crippen molar-refractivity contribution < 1.29 is 9.78 Å². The van der Waals surface area contributed by atoms with Crippen molar-refractivity contribution in [2.45, 2.75) is 71.0 Å². The molecule has 2 bridgehead atoms. The molecule has 96 valence electrons. The second kappa shape index (κ2) is 3.16. The first kappa shape index (κ1) is 11.7. The standard InChI is InChI=1S/C15H24O2/c1-12(2)6-5-7-14(12,4)15-10-8-13(3,9-11-15)16-17-15/h8,10H,5-7,9,11H2,1-4H3/t13-,14-,15+/m1/s1. The Labute approximate surface area is 104 Å². The molecule has 0 N–H and O–H groups in total. The lowest BCUT2D eigenvalue weighted by atomic mass is 9.56. The Balaban J connectivity index is 2.02. The second-order valence-electron chi connectivity index (χ2n) is 7.27. The highest BCUT2D eigenvalue weighted by molar-refractivity contribution is 5.24. The fourth-order valence-corrected chi connectivity index (χ4v) is 4.05. The molecule has 0 radical (unpaired) electrons. The molecule has 4 aliphatic rings. The van der Waals surface area contributed by atoms with Crippen LogP contribution < -0.4 is 0 Å². The Morgan fingerprint density at radius 3 is 2.00 bits per heavy atom. The molecular weight excluding hydrogens is 212 g/mol. The van der Waals surface area contributed by atoms with Gasteiger partial charge in [-0.25, -0.2) is 9.78 Å². The molecule has 4 rings (SSSR count). The highest BCUT2D eigenvalue weighted by atomic mass is 17.2. The average Bonchev–Trinajstić information content (AvgIpc) is 2.56. The SMILES string of the molecule is CC1(C)CCC[C@@]1(C)[C@]12C=C[C@](C)(CC1)OO2. The minimum Gasteiger partial charge on any atom is -0.225 e. The van der Waals surface area contributed by atoms with Gasteiger partial charge >= 0.3 is 0 Å². The predicted molar refractivity (Wildman–Crippen MR) is 67.4 cm³/mol. The summed E-state index contributed by atoms with van der Waals surface area (Å²) in [5.41, 5.74) is 0.148. The van der Waals surface area contributed by atoms with Gasteiger partial charge in [0, 0.05) is 5.41 Å². The third-order valence-corrected chi connectivity index (χ3v) is 5.98. The van der Waals surface area contributed by atoms with Gasteiger partial charge in [-0.1, -0.05) is 39.3 Å². The van der Waals surface area contributed by atoms with E-state index < -0.39 is 0 Å². The summed E-state index contributed by atoms with van der Waals surface area (Å²) in [6.45, 7) is 9.26. The first-order valence-electron chi connectivity index (χ1n) is 6.90. The highest BCUT2D eigenvalue weighted by Crippen LogP contribution is 2.63. The normalized spacial score (nSPS) is 52.0. The molecule has 0 aromatic carbocycles. The quantitative estimate of drug-likeness (QED) is 0.506. The Kier molecular flexibility index (Phi) is 2.18. The second-order valence-corrected chi connectivity index (χ2v) is 7.27. The molecular formula is C15H24O2. The smallest absolute Gasteiger partial charge is 0.128 e. The summed E-state index contributed by atoms with van der Waals surface area (Å²) in [5, 5.41) is 0. The molecule has 1 saturated heterocycles. The summed E-state index contributed by atoms with van der Waals surface area (Å²) in [4.78, 5) is 11.6. The van der Waals surface area contributed by atoms with Crippen LogP contribution in [0.1, 0.15) is 59.8 Å². The summed E-state index contributed by atoms with van der Waals surface area (Å²) >= 11 is 0. The van der Waals surface area contributed by atoms with Crippen LogP contribution in [-0.2, 0) is 9.78 Å². The molecule has 0 aromatic rings. The maximum atomic E-state index is 5.90. The molecule has 2 heterocycles. The molecule has 2 nitrogen and oxygen atoms in total. The van der Waals surface area contributed by atoms with Crippen molar-refractivity contribution in [2.24, 2.45) is 10.8 Å². The molecule has 0 unspecified atom stereocenters. The summed E-state index contributed by atoms with van der Waals surface area (Å²) in [7, 11) is 0. The topological polar surface area (TPSA) is 18.5 Å². The first-order chi connectivity index (χ1) is 7.83. The molecule has 0 amide bonds. The Hall–Kier alpha value is -0.340. The third kappa shape index (κ3) is 1.34. The van der Waals surface area contributed by atoms with Gasteiger partial charge in [0.15, 0.2) is 0 Å². The zero-order valence-corrected chi connectivity index (χ0v) is 11.5. The van der Waals surface area contributed by atoms with Gasteiger partial charge < -0.3 is 0 Å². The molecule has 2 aliphatic heterocycles. The average molecular weight is 236 g/mol.